The number of hydrogen-bond acceptors (Lipinski definition) is 6. The van der Waals surface area contributed by atoms with E-state index in [0.717, 1.165) is 18.2 Å². The summed E-state index contributed by atoms with van der Waals surface area (Å²) in [4.78, 5) is 31.0. The molecule has 2 aromatic rings. The van der Waals surface area contributed by atoms with E-state index in [-0.39, 0.29) is 34.1 Å². The van der Waals surface area contributed by atoms with Gasteiger partial charge in [0, 0.05) is 31.4 Å². The number of nitro groups is 1. The Labute approximate surface area is 176 Å². The van der Waals surface area contributed by atoms with Crippen molar-refractivity contribution < 1.29 is 32.6 Å². The van der Waals surface area contributed by atoms with Gasteiger partial charge in [0.25, 0.3) is 5.69 Å². The average molecular weight is 467 g/mol. The fourth-order valence-corrected chi connectivity index (χ4v) is 3.90. The standard InChI is InChI=1S/C18H19ClF3N2O5P/c1-3-12(10-30(27)28)23(2)16-9-13(5-6-15(16)24(25)26)29-17-7-4-11(8-14(17)19)18(20,21)22/h4-9,12,27-28H,3,10H2,1-2H3. The SMILES string of the molecule is CCC(CP(O)O)N(C)c1cc(Oc2ccc(C(F)(F)F)cc2Cl)ccc1[N+](=O)[O-]. The summed E-state index contributed by atoms with van der Waals surface area (Å²) in [7, 11) is -0.637. The summed E-state index contributed by atoms with van der Waals surface area (Å²) in [6.45, 7) is 1.80. The fraction of sp³-hybridized carbons (Fsp3) is 0.333. The average Bonchev–Trinajstić information content (AvgIpc) is 2.65. The summed E-state index contributed by atoms with van der Waals surface area (Å²) in [5.41, 5.74) is -1.01. The second kappa shape index (κ2) is 9.78. The van der Waals surface area contributed by atoms with E-state index < -0.39 is 31.1 Å². The highest BCUT2D eigenvalue weighted by Gasteiger charge is 2.31. The molecular weight excluding hydrogens is 448 g/mol. The van der Waals surface area contributed by atoms with Crippen LogP contribution >= 0.6 is 20.0 Å². The molecule has 0 radical (unpaired) electrons. The lowest BCUT2D eigenvalue weighted by molar-refractivity contribution is -0.384. The number of halogens is 4. The minimum absolute atomic E-state index is 0.0231. The maximum Gasteiger partial charge on any atom is 0.416 e. The van der Waals surface area contributed by atoms with E-state index in [1.807, 2.05) is 0 Å². The van der Waals surface area contributed by atoms with Crippen molar-refractivity contribution in [2.75, 3.05) is 18.1 Å². The number of nitro benzene ring substituents is 1. The first-order valence-corrected chi connectivity index (χ1v) is 10.5. The first-order valence-electron chi connectivity index (χ1n) is 8.65. The van der Waals surface area contributed by atoms with Crippen LogP contribution in [-0.2, 0) is 6.18 Å². The zero-order valence-electron chi connectivity index (χ0n) is 15.9. The van der Waals surface area contributed by atoms with Crippen LogP contribution < -0.4 is 9.64 Å². The Morgan fingerprint density at radius 1 is 1.27 bits per heavy atom. The molecule has 164 valence electrons. The van der Waals surface area contributed by atoms with Gasteiger partial charge in [-0.1, -0.05) is 18.5 Å². The molecule has 7 nitrogen and oxygen atoms in total. The van der Waals surface area contributed by atoms with E-state index in [1.165, 1.54) is 18.2 Å². The summed E-state index contributed by atoms with van der Waals surface area (Å²) in [5.74, 6) is 0.0719. The smallest absolute Gasteiger partial charge is 0.416 e. The molecule has 1 unspecified atom stereocenters. The zero-order valence-corrected chi connectivity index (χ0v) is 17.6. The van der Waals surface area contributed by atoms with Crippen LogP contribution in [0.3, 0.4) is 0 Å². The Bertz CT molecular complexity index is 914. The van der Waals surface area contributed by atoms with Crippen molar-refractivity contribution in [3.05, 3.63) is 57.1 Å². The molecule has 0 aliphatic carbocycles. The molecular formula is C18H19ClF3N2O5P. The lowest BCUT2D eigenvalue weighted by Crippen LogP contribution is -2.34. The number of rotatable bonds is 8. The van der Waals surface area contributed by atoms with Gasteiger partial charge in [0.15, 0.2) is 8.38 Å². The molecule has 0 saturated heterocycles. The number of hydrogen-bond donors (Lipinski definition) is 2. The lowest BCUT2D eigenvalue weighted by atomic mass is 10.1. The molecule has 0 aliphatic rings. The molecule has 0 aromatic heterocycles. The third kappa shape index (κ3) is 5.95. The number of anilines is 1. The van der Waals surface area contributed by atoms with Crippen LogP contribution in [0.1, 0.15) is 18.9 Å². The van der Waals surface area contributed by atoms with Crippen molar-refractivity contribution in [3.8, 4) is 11.5 Å². The van der Waals surface area contributed by atoms with Gasteiger partial charge in [0.2, 0.25) is 0 Å². The van der Waals surface area contributed by atoms with E-state index in [1.54, 1.807) is 18.9 Å². The predicted molar refractivity (Wildman–Crippen MR) is 108 cm³/mol. The van der Waals surface area contributed by atoms with Crippen molar-refractivity contribution in [1.82, 2.24) is 0 Å². The Morgan fingerprint density at radius 3 is 2.43 bits per heavy atom. The van der Waals surface area contributed by atoms with E-state index in [0.29, 0.717) is 6.42 Å². The van der Waals surface area contributed by atoms with Gasteiger partial charge in [0.1, 0.15) is 17.2 Å². The quantitative estimate of drug-likeness (QED) is 0.300. The van der Waals surface area contributed by atoms with Gasteiger partial charge in [-0.25, -0.2) is 0 Å². The summed E-state index contributed by atoms with van der Waals surface area (Å²) >= 11 is 5.90. The number of nitrogens with zero attached hydrogens (tertiary/aromatic N) is 2. The largest absolute Gasteiger partial charge is 0.456 e. The molecule has 0 saturated carbocycles. The monoisotopic (exact) mass is 466 g/mol. The summed E-state index contributed by atoms with van der Waals surface area (Å²) in [6, 6.07) is 6.07. The Morgan fingerprint density at radius 2 is 1.93 bits per heavy atom. The minimum Gasteiger partial charge on any atom is -0.456 e. The Balaban J connectivity index is 2.39. The van der Waals surface area contributed by atoms with Crippen molar-refractivity contribution in [3.63, 3.8) is 0 Å². The van der Waals surface area contributed by atoms with Crippen molar-refractivity contribution >= 4 is 31.4 Å². The molecule has 0 spiro atoms. The van der Waals surface area contributed by atoms with Crippen molar-refractivity contribution in [1.29, 1.82) is 0 Å². The van der Waals surface area contributed by atoms with E-state index in [4.69, 9.17) is 16.3 Å². The fourth-order valence-electron chi connectivity index (χ4n) is 2.80. The number of ether oxygens (including phenoxy) is 1. The number of benzene rings is 2. The highest BCUT2D eigenvalue weighted by Crippen LogP contribution is 2.39. The van der Waals surface area contributed by atoms with E-state index in [9.17, 15) is 33.1 Å². The van der Waals surface area contributed by atoms with Gasteiger partial charge in [0.05, 0.1) is 15.5 Å². The topological polar surface area (TPSA) is 96.1 Å². The molecule has 2 N–H and O–H groups in total. The Kier molecular flexibility index (Phi) is 7.87. The van der Waals surface area contributed by atoms with Crippen LogP contribution in [0.5, 0.6) is 11.5 Å². The van der Waals surface area contributed by atoms with Crippen LogP contribution in [0.4, 0.5) is 24.5 Å². The molecule has 0 fully saturated rings. The molecule has 1 atom stereocenters. The van der Waals surface area contributed by atoms with Crippen molar-refractivity contribution in [2.24, 2.45) is 0 Å². The van der Waals surface area contributed by atoms with Gasteiger partial charge < -0.3 is 19.4 Å². The molecule has 30 heavy (non-hydrogen) atoms. The third-order valence-corrected chi connectivity index (χ3v) is 5.45. The molecule has 0 aliphatic heterocycles. The summed E-state index contributed by atoms with van der Waals surface area (Å²) in [5, 5.41) is 11.2. The van der Waals surface area contributed by atoms with Gasteiger partial charge in [-0.2, -0.15) is 13.2 Å². The van der Waals surface area contributed by atoms with Crippen LogP contribution in [0.25, 0.3) is 0 Å². The molecule has 2 aromatic carbocycles. The molecule has 2 rings (SSSR count). The van der Waals surface area contributed by atoms with Crippen molar-refractivity contribution in [2.45, 2.75) is 25.6 Å². The predicted octanol–water partition coefficient (Wildman–Crippen LogP) is 5.57. The minimum atomic E-state index is -4.56. The van der Waals surface area contributed by atoms with Crippen LogP contribution in [0, 0.1) is 10.1 Å². The summed E-state index contributed by atoms with van der Waals surface area (Å²) in [6.07, 6.45) is -4.04. The van der Waals surface area contributed by atoms with Gasteiger partial charge in [-0.05, 0) is 30.7 Å². The van der Waals surface area contributed by atoms with Crippen LogP contribution in [-0.4, -0.2) is 34.0 Å². The summed E-state index contributed by atoms with van der Waals surface area (Å²) < 4.78 is 43.9. The highest BCUT2D eigenvalue weighted by atomic mass is 35.5. The highest BCUT2D eigenvalue weighted by molar-refractivity contribution is 7.45. The number of alkyl halides is 3. The third-order valence-electron chi connectivity index (χ3n) is 4.40. The maximum atomic E-state index is 12.8. The second-order valence-corrected chi connectivity index (χ2v) is 7.90. The van der Waals surface area contributed by atoms with Crippen LogP contribution in [0.15, 0.2) is 36.4 Å². The molecule has 0 amide bonds. The van der Waals surface area contributed by atoms with Gasteiger partial charge in [-0.15, -0.1) is 0 Å². The maximum absolute atomic E-state index is 12.8. The first kappa shape index (κ1) is 24.1. The van der Waals surface area contributed by atoms with E-state index in [2.05, 4.69) is 0 Å². The second-order valence-electron chi connectivity index (χ2n) is 6.38. The molecule has 0 heterocycles. The Hall–Kier alpha value is -2.13. The zero-order chi connectivity index (χ0) is 22.6. The first-order chi connectivity index (χ1) is 13.9. The van der Waals surface area contributed by atoms with E-state index >= 15 is 0 Å². The molecule has 0 bridgehead atoms. The van der Waals surface area contributed by atoms with Crippen LogP contribution in [0.2, 0.25) is 5.02 Å². The molecule has 12 heteroatoms. The van der Waals surface area contributed by atoms with Gasteiger partial charge >= 0.3 is 6.18 Å². The van der Waals surface area contributed by atoms with Gasteiger partial charge in [-0.3, -0.25) is 10.1 Å². The normalized spacial score (nSPS) is 12.7. The lowest BCUT2D eigenvalue weighted by Gasteiger charge is -2.29.